The van der Waals surface area contributed by atoms with Gasteiger partial charge in [-0.3, -0.25) is 0 Å². The van der Waals surface area contributed by atoms with Crippen LogP contribution < -0.4 is 20.9 Å². The first-order valence-electron chi connectivity index (χ1n) is 7.00. The number of nitrogens with two attached hydrogens (primary N) is 2. The van der Waals surface area contributed by atoms with Gasteiger partial charge in [-0.2, -0.15) is 0 Å². The number of hydrogen-bond donors (Lipinski definition) is 2. The highest BCUT2D eigenvalue weighted by atomic mass is 19.1. The van der Waals surface area contributed by atoms with E-state index in [1.165, 1.54) is 12.1 Å². The molecule has 4 nitrogen and oxygen atoms in total. The summed E-state index contributed by atoms with van der Waals surface area (Å²) >= 11 is 0. The van der Waals surface area contributed by atoms with Crippen molar-refractivity contribution >= 4 is 0 Å². The second-order valence-electron chi connectivity index (χ2n) is 4.56. The summed E-state index contributed by atoms with van der Waals surface area (Å²) in [6.45, 7) is 1.13. The zero-order chi connectivity index (χ0) is 16.4. The SMILES string of the molecule is COc1ccc(CN)cc1OC.NCCc1ccc(F)cc1. The van der Waals surface area contributed by atoms with Crippen molar-refractivity contribution in [1.29, 1.82) is 0 Å². The highest BCUT2D eigenvalue weighted by Gasteiger charge is 2.02. The van der Waals surface area contributed by atoms with Crippen molar-refractivity contribution < 1.29 is 13.9 Å². The normalized spacial score (nSPS) is 9.68. The predicted octanol–water partition coefficient (Wildman–Crippen LogP) is 2.49. The predicted molar refractivity (Wildman–Crippen MR) is 86.6 cm³/mol. The fraction of sp³-hybridized carbons (Fsp3) is 0.294. The molecule has 0 atom stereocenters. The van der Waals surface area contributed by atoms with Crippen LogP contribution in [0.25, 0.3) is 0 Å². The monoisotopic (exact) mass is 306 g/mol. The van der Waals surface area contributed by atoms with Crippen molar-refractivity contribution in [3.8, 4) is 11.5 Å². The van der Waals surface area contributed by atoms with Gasteiger partial charge in [0.15, 0.2) is 11.5 Å². The molecule has 2 rings (SSSR count). The van der Waals surface area contributed by atoms with E-state index < -0.39 is 0 Å². The van der Waals surface area contributed by atoms with Gasteiger partial charge in [-0.25, -0.2) is 4.39 Å². The van der Waals surface area contributed by atoms with Crippen molar-refractivity contribution in [2.24, 2.45) is 11.5 Å². The average Bonchev–Trinajstić information content (AvgIpc) is 2.57. The summed E-state index contributed by atoms with van der Waals surface area (Å²) in [6.07, 6.45) is 0.820. The van der Waals surface area contributed by atoms with Crippen molar-refractivity contribution in [3.05, 3.63) is 59.4 Å². The Labute approximate surface area is 130 Å². The molecule has 0 aliphatic rings. The smallest absolute Gasteiger partial charge is 0.161 e. The van der Waals surface area contributed by atoms with Crippen LogP contribution >= 0.6 is 0 Å². The standard InChI is InChI=1S/C9H13NO2.C8H10FN/c1-11-8-4-3-7(6-10)5-9(8)12-2;9-8-3-1-7(2-4-8)5-6-10/h3-5H,6,10H2,1-2H3;1-4H,5-6,10H2. The fourth-order valence-electron chi connectivity index (χ4n) is 1.83. The van der Waals surface area contributed by atoms with E-state index in [1.807, 2.05) is 18.2 Å². The Morgan fingerprint density at radius 3 is 1.95 bits per heavy atom. The van der Waals surface area contributed by atoms with Gasteiger partial charge in [0, 0.05) is 6.54 Å². The Morgan fingerprint density at radius 1 is 0.864 bits per heavy atom. The molecule has 0 fully saturated rings. The van der Waals surface area contributed by atoms with Crippen molar-refractivity contribution in [3.63, 3.8) is 0 Å². The minimum absolute atomic E-state index is 0.194. The summed E-state index contributed by atoms with van der Waals surface area (Å²) < 4.78 is 22.5. The highest BCUT2D eigenvalue weighted by molar-refractivity contribution is 5.42. The van der Waals surface area contributed by atoms with Gasteiger partial charge in [0.25, 0.3) is 0 Å². The molecule has 0 radical (unpaired) electrons. The molecule has 0 amide bonds. The van der Waals surface area contributed by atoms with Crippen molar-refractivity contribution in [1.82, 2.24) is 0 Å². The van der Waals surface area contributed by atoms with Crippen LogP contribution in [0.3, 0.4) is 0 Å². The number of rotatable bonds is 5. The Morgan fingerprint density at radius 2 is 1.45 bits per heavy atom. The molecule has 0 aliphatic carbocycles. The fourth-order valence-corrected chi connectivity index (χ4v) is 1.83. The van der Waals surface area contributed by atoms with E-state index >= 15 is 0 Å². The summed E-state index contributed by atoms with van der Waals surface area (Å²) in [6, 6.07) is 12.0. The van der Waals surface area contributed by atoms with E-state index in [2.05, 4.69) is 0 Å². The van der Waals surface area contributed by atoms with Crippen LogP contribution in [0.4, 0.5) is 4.39 Å². The van der Waals surface area contributed by atoms with Crippen LogP contribution in [0.5, 0.6) is 11.5 Å². The third kappa shape index (κ3) is 5.71. The molecular formula is C17H23FN2O2. The van der Waals surface area contributed by atoms with Gasteiger partial charge >= 0.3 is 0 Å². The van der Waals surface area contributed by atoms with Crippen LogP contribution in [0.1, 0.15) is 11.1 Å². The first kappa shape index (κ1) is 17.9. The largest absolute Gasteiger partial charge is 0.493 e. The second-order valence-corrected chi connectivity index (χ2v) is 4.56. The molecule has 0 bridgehead atoms. The van der Waals surface area contributed by atoms with Crippen LogP contribution in [-0.4, -0.2) is 20.8 Å². The minimum atomic E-state index is -0.194. The summed E-state index contributed by atoms with van der Waals surface area (Å²) in [5, 5.41) is 0. The topological polar surface area (TPSA) is 70.5 Å². The lowest BCUT2D eigenvalue weighted by Gasteiger charge is -2.07. The van der Waals surface area contributed by atoms with E-state index in [4.69, 9.17) is 20.9 Å². The molecule has 22 heavy (non-hydrogen) atoms. The Balaban J connectivity index is 0.000000224. The Kier molecular flexibility index (Phi) is 7.96. The molecule has 0 saturated carbocycles. The first-order valence-corrected chi connectivity index (χ1v) is 7.00. The lowest BCUT2D eigenvalue weighted by molar-refractivity contribution is 0.354. The molecule has 0 aliphatic heterocycles. The lowest BCUT2D eigenvalue weighted by Crippen LogP contribution is -2.02. The number of halogens is 1. The zero-order valence-corrected chi connectivity index (χ0v) is 13.0. The van der Waals surface area contributed by atoms with E-state index in [0.717, 1.165) is 29.0 Å². The van der Waals surface area contributed by atoms with Gasteiger partial charge in [-0.05, 0) is 48.4 Å². The third-order valence-electron chi connectivity index (χ3n) is 3.03. The quantitative estimate of drug-likeness (QED) is 0.890. The zero-order valence-electron chi connectivity index (χ0n) is 13.0. The van der Waals surface area contributed by atoms with Gasteiger partial charge in [-0.15, -0.1) is 0 Å². The van der Waals surface area contributed by atoms with Crippen LogP contribution in [0, 0.1) is 5.82 Å². The molecule has 2 aromatic carbocycles. The van der Waals surface area contributed by atoms with Crippen LogP contribution in [0.15, 0.2) is 42.5 Å². The summed E-state index contributed by atoms with van der Waals surface area (Å²) in [7, 11) is 3.22. The summed E-state index contributed by atoms with van der Waals surface area (Å²) in [5.41, 5.74) is 12.9. The van der Waals surface area contributed by atoms with E-state index in [9.17, 15) is 4.39 Å². The first-order chi connectivity index (χ1) is 10.6. The summed E-state index contributed by atoms with van der Waals surface area (Å²) in [5.74, 6) is 1.26. The van der Waals surface area contributed by atoms with Gasteiger partial charge in [0.05, 0.1) is 14.2 Å². The molecule has 0 unspecified atom stereocenters. The molecule has 0 heterocycles. The van der Waals surface area contributed by atoms with Crippen molar-refractivity contribution in [2.45, 2.75) is 13.0 Å². The molecule has 2 aromatic rings. The maximum atomic E-state index is 12.3. The number of methoxy groups -OCH3 is 2. The summed E-state index contributed by atoms with van der Waals surface area (Å²) in [4.78, 5) is 0. The molecule has 0 saturated heterocycles. The van der Waals surface area contributed by atoms with Crippen LogP contribution in [-0.2, 0) is 13.0 Å². The molecule has 5 heteroatoms. The molecular weight excluding hydrogens is 283 g/mol. The molecule has 120 valence electrons. The van der Waals surface area contributed by atoms with Crippen LogP contribution in [0.2, 0.25) is 0 Å². The van der Waals surface area contributed by atoms with E-state index in [1.54, 1.807) is 26.4 Å². The highest BCUT2D eigenvalue weighted by Crippen LogP contribution is 2.27. The minimum Gasteiger partial charge on any atom is -0.493 e. The van der Waals surface area contributed by atoms with Crippen molar-refractivity contribution in [2.75, 3.05) is 20.8 Å². The molecule has 0 spiro atoms. The van der Waals surface area contributed by atoms with Gasteiger partial charge in [0.2, 0.25) is 0 Å². The number of ether oxygens (including phenoxy) is 2. The van der Waals surface area contributed by atoms with E-state index in [-0.39, 0.29) is 5.82 Å². The maximum absolute atomic E-state index is 12.3. The average molecular weight is 306 g/mol. The Hall–Kier alpha value is -2.11. The number of hydrogen-bond acceptors (Lipinski definition) is 4. The number of benzene rings is 2. The Bertz CT molecular complexity index is 559. The molecule has 4 N–H and O–H groups in total. The third-order valence-corrected chi connectivity index (χ3v) is 3.03. The lowest BCUT2D eigenvalue weighted by atomic mass is 10.1. The van der Waals surface area contributed by atoms with E-state index in [0.29, 0.717) is 13.1 Å². The van der Waals surface area contributed by atoms with Gasteiger partial charge < -0.3 is 20.9 Å². The van der Waals surface area contributed by atoms with Gasteiger partial charge in [0.1, 0.15) is 5.82 Å². The van der Waals surface area contributed by atoms with Gasteiger partial charge in [-0.1, -0.05) is 18.2 Å². The maximum Gasteiger partial charge on any atom is 0.161 e. The second kappa shape index (κ2) is 9.76. The molecule has 0 aromatic heterocycles.